The zero-order valence-corrected chi connectivity index (χ0v) is 12.2. The lowest BCUT2D eigenvalue weighted by Gasteiger charge is -2.18. The highest BCUT2D eigenvalue weighted by Crippen LogP contribution is 2.20. The Bertz CT molecular complexity index is 642. The Labute approximate surface area is 112 Å². The van der Waals surface area contributed by atoms with Crippen molar-refractivity contribution in [2.45, 2.75) is 4.90 Å². The number of nitrogens with one attached hydrogen (secondary N) is 1. The first kappa shape index (κ1) is 15.8. The molecular formula is C9H16N4O4S2. The number of aromatic nitrogens is 1. The largest absolute Gasteiger partial charge is 0.307 e. The number of nitrogen functional groups attached to an aromatic ring is 1. The van der Waals surface area contributed by atoms with Crippen molar-refractivity contribution in [1.82, 2.24) is 9.29 Å². The summed E-state index contributed by atoms with van der Waals surface area (Å²) >= 11 is 0. The van der Waals surface area contributed by atoms with Gasteiger partial charge in [-0.2, -0.15) is 4.31 Å². The van der Waals surface area contributed by atoms with Crippen molar-refractivity contribution in [3.8, 4) is 0 Å². The average molecular weight is 308 g/mol. The summed E-state index contributed by atoms with van der Waals surface area (Å²) in [6.07, 6.45) is 2.44. The number of hydrogen-bond donors (Lipinski definition) is 2. The van der Waals surface area contributed by atoms with Crippen LogP contribution in [-0.2, 0) is 19.9 Å². The molecule has 0 aliphatic heterocycles. The maximum Gasteiger partial charge on any atom is 0.246 e. The number of hydrogen-bond acceptors (Lipinski definition) is 7. The molecule has 0 spiro atoms. The minimum absolute atomic E-state index is 0.00806. The molecule has 0 saturated heterocycles. The van der Waals surface area contributed by atoms with Gasteiger partial charge >= 0.3 is 0 Å². The van der Waals surface area contributed by atoms with Crippen molar-refractivity contribution in [3.63, 3.8) is 0 Å². The average Bonchev–Trinajstić information content (AvgIpc) is 2.34. The summed E-state index contributed by atoms with van der Waals surface area (Å²) in [6, 6.07) is 2.80. The van der Waals surface area contributed by atoms with Crippen molar-refractivity contribution in [1.29, 1.82) is 0 Å². The Balaban J connectivity index is 3.03. The molecule has 0 aromatic carbocycles. The van der Waals surface area contributed by atoms with Gasteiger partial charge in [0.05, 0.1) is 5.75 Å². The van der Waals surface area contributed by atoms with Crippen molar-refractivity contribution >= 4 is 25.7 Å². The molecule has 0 radical (unpaired) electrons. The van der Waals surface area contributed by atoms with Crippen LogP contribution in [0.2, 0.25) is 0 Å². The fourth-order valence-corrected chi connectivity index (χ4v) is 3.28. The molecule has 1 aromatic heterocycles. The molecule has 8 nitrogen and oxygen atoms in total. The molecule has 108 valence electrons. The fraction of sp³-hybridized carbons (Fsp3) is 0.444. The number of anilines is 1. The van der Waals surface area contributed by atoms with Crippen LogP contribution in [-0.4, -0.2) is 51.7 Å². The summed E-state index contributed by atoms with van der Waals surface area (Å²) in [5, 5.41) is 0. The molecule has 3 N–H and O–H groups in total. The van der Waals surface area contributed by atoms with E-state index in [-0.39, 0.29) is 23.0 Å². The van der Waals surface area contributed by atoms with Crippen molar-refractivity contribution < 1.29 is 16.8 Å². The minimum Gasteiger partial charge on any atom is -0.307 e. The van der Waals surface area contributed by atoms with Gasteiger partial charge in [0.15, 0.2) is 5.82 Å². The Morgan fingerprint density at radius 1 is 1.37 bits per heavy atom. The Morgan fingerprint density at radius 3 is 2.53 bits per heavy atom. The molecule has 0 bridgehead atoms. The standard InChI is InChI=1S/C9H16N4O4S2/c1-13(6-7-18(2,14)15)19(16,17)8-4-3-5-11-9(8)12-10/h3-5H,6-7,10H2,1-2H3,(H,11,12). The van der Waals surface area contributed by atoms with Gasteiger partial charge in [0.1, 0.15) is 14.7 Å². The molecule has 0 atom stereocenters. The number of nitrogens with zero attached hydrogens (tertiary/aromatic N) is 2. The Hall–Kier alpha value is -1.23. The van der Waals surface area contributed by atoms with E-state index in [9.17, 15) is 16.8 Å². The Kier molecular flexibility index (Phi) is 4.85. The van der Waals surface area contributed by atoms with E-state index in [2.05, 4.69) is 10.4 Å². The highest BCUT2D eigenvalue weighted by molar-refractivity contribution is 7.91. The Morgan fingerprint density at radius 2 is 2.00 bits per heavy atom. The highest BCUT2D eigenvalue weighted by atomic mass is 32.2. The molecule has 0 aliphatic rings. The van der Waals surface area contributed by atoms with E-state index < -0.39 is 19.9 Å². The van der Waals surface area contributed by atoms with Gasteiger partial charge in [-0.05, 0) is 12.1 Å². The molecule has 0 amide bonds. The maximum atomic E-state index is 12.2. The minimum atomic E-state index is -3.84. The third-order valence-corrected chi connectivity index (χ3v) is 5.19. The van der Waals surface area contributed by atoms with Crippen molar-refractivity contribution in [2.75, 3.05) is 31.0 Å². The molecule has 0 saturated carbocycles. The highest BCUT2D eigenvalue weighted by Gasteiger charge is 2.25. The fourth-order valence-electron chi connectivity index (χ4n) is 1.29. The topological polar surface area (TPSA) is 122 Å². The lowest BCUT2D eigenvalue weighted by Crippen LogP contribution is -2.32. The molecule has 19 heavy (non-hydrogen) atoms. The number of hydrazine groups is 1. The van der Waals surface area contributed by atoms with E-state index in [0.717, 1.165) is 10.6 Å². The molecule has 0 fully saturated rings. The lowest BCUT2D eigenvalue weighted by atomic mass is 10.5. The van der Waals surface area contributed by atoms with Crippen LogP contribution < -0.4 is 11.3 Å². The van der Waals surface area contributed by atoms with Crippen LogP contribution in [0.15, 0.2) is 23.2 Å². The van der Waals surface area contributed by atoms with Gasteiger partial charge in [0.2, 0.25) is 10.0 Å². The molecule has 1 heterocycles. The normalized spacial score (nSPS) is 12.6. The molecule has 0 unspecified atom stereocenters. The third kappa shape index (κ3) is 4.13. The predicted octanol–water partition coefficient (Wildman–Crippen LogP) is -0.968. The molecule has 1 rings (SSSR count). The van der Waals surface area contributed by atoms with E-state index in [1.807, 2.05) is 0 Å². The molecular weight excluding hydrogens is 292 g/mol. The van der Waals surface area contributed by atoms with Gasteiger partial charge in [0, 0.05) is 26.0 Å². The van der Waals surface area contributed by atoms with Gasteiger partial charge in [0.25, 0.3) is 0 Å². The van der Waals surface area contributed by atoms with Crippen LogP contribution in [0.4, 0.5) is 5.82 Å². The summed E-state index contributed by atoms with van der Waals surface area (Å²) in [5.41, 5.74) is 2.19. The second kappa shape index (κ2) is 5.82. The van der Waals surface area contributed by atoms with Crippen LogP contribution in [0.25, 0.3) is 0 Å². The van der Waals surface area contributed by atoms with Gasteiger partial charge < -0.3 is 5.43 Å². The van der Waals surface area contributed by atoms with Crippen LogP contribution >= 0.6 is 0 Å². The number of sulfonamides is 1. The van der Waals surface area contributed by atoms with E-state index >= 15 is 0 Å². The lowest BCUT2D eigenvalue weighted by molar-refractivity contribution is 0.485. The maximum absolute atomic E-state index is 12.2. The number of sulfone groups is 1. The first-order chi connectivity index (χ1) is 8.68. The first-order valence-corrected chi connectivity index (χ1v) is 8.74. The van der Waals surface area contributed by atoms with E-state index in [1.165, 1.54) is 25.4 Å². The first-order valence-electron chi connectivity index (χ1n) is 5.24. The SMILES string of the molecule is CN(CCS(C)(=O)=O)S(=O)(=O)c1cccnc1NN. The van der Waals surface area contributed by atoms with Gasteiger partial charge in [-0.1, -0.05) is 0 Å². The number of pyridine rings is 1. The van der Waals surface area contributed by atoms with Crippen molar-refractivity contribution in [3.05, 3.63) is 18.3 Å². The van der Waals surface area contributed by atoms with Crippen LogP contribution in [0.5, 0.6) is 0 Å². The summed E-state index contributed by atoms with van der Waals surface area (Å²) in [6.45, 7) is -0.139. The van der Waals surface area contributed by atoms with Crippen molar-refractivity contribution in [2.24, 2.45) is 5.84 Å². The van der Waals surface area contributed by atoms with Crippen LogP contribution in [0, 0.1) is 0 Å². The second-order valence-corrected chi connectivity index (χ2v) is 8.22. The van der Waals surface area contributed by atoms with Gasteiger partial charge in [-0.3, -0.25) is 0 Å². The summed E-state index contributed by atoms with van der Waals surface area (Å²) in [7, 11) is -5.78. The molecule has 1 aromatic rings. The molecule has 0 aliphatic carbocycles. The van der Waals surface area contributed by atoms with E-state index in [1.54, 1.807) is 0 Å². The van der Waals surface area contributed by atoms with Crippen LogP contribution in [0.1, 0.15) is 0 Å². The zero-order valence-electron chi connectivity index (χ0n) is 10.6. The van der Waals surface area contributed by atoms with Gasteiger partial charge in [-0.25, -0.2) is 27.7 Å². The molecule has 10 heteroatoms. The van der Waals surface area contributed by atoms with Crippen LogP contribution in [0.3, 0.4) is 0 Å². The van der Waals surface area contributed by atoms with E-state index in [0.29, 0.717) is 0 Å². The summed E-state index contributed by atoms with van der Waals surface area (Å²) in [5.74, 6) is 4.95. The smallest absolute Gasteiger partial charge is 0.246 e. The third-order valence-electron chi connectivity index (χ3n) is 2.37. The number of rotatable bonds is 6. The monoisotopic (exact) mass is 308 g/mol. The second-order valence-electron chi connectivity index (χ2n) is 3.95. The summed E-state index contributed by atoms with van der Waals surface area (Å²) in [4.78, 5) is 3.69. The zero-order chi connectivity index (χ0) is 14.7. The van der Waals surface area contributed by atoms with Gasteiger partial charge in [-0.15, -0.1) is 0 Å². The number of nitrogens with two attached hydrogens (primary N) is 1. The quantitative estimate of drug-likeness (QED) is 0.512. The van der Waals surface area contributed by atoms with E-state index in [4.69, 9.17) is 5.84 Å². The predicted molar refractivity (Wildman–Crippen MR) is 71.6 cm³/mol. The summed E-state index contributed by atoms with van der Waals surface area (Å²) < 4.78 is 47.5.